The molecule has 0 aliphatic rings. The van der Waals surface area contributed by atoms with E-state index in [0.29, 0.717) is 22.8 Å². The smallest absolute Gasteiger partial charge is 0.266 e. The van der Waals surface area contributed by atoms with Gasteiger partial charge >= 0.3 is 0 Å². The SMILES string of the molecule is N#C/C(=C\c1cn(Cc2ccc(Cl)cc2)nc1-c1ccccc1)C(=O)Nc1ccccc1F. The van der Waals surface area contributed by atoms with Crippen molar-refractivity contribution in [2.24, 2.45) is 0 Å². The van der Waals surface area contributed by atoms with Gasteiger partial charge in [0.1, 0.15) is 17.5 Å². The number of anilines is 1. The molecule has 33 heavy (non-hydrogen) atoms. The van der Waals surface area contributed by atoms with E-state index in [1.165, 1.54) is 24.3 Å². The molecule has 0 saturated carbocycles. The van der Waals surface area contributed by atoms with Crippen LogP contribution in [0.4, 0.5) is 10.1 Å². The summed E-state index contributed by atoms with van der Waals surface area (Å²) in [5.41, 5.74) is 2.89. The van der Waals surface area contributed by atoms with Crippen LogP contribution in [0.15, 0.2) is 90.6 Å². The van der Waals surface area contributed by atoms with Gasteiger partial charge in [-0.15, -0.1) is 0 Å². The minimum atomic E-state index is -0.702. The van der Waals surface area contributed by atoms with Crippen molar-refractivity contribution in [1.29, 1.82) is 5.26 Å². The quantitative estimate of drug-likeness (QED) is 0.288. The number of aromatic nitrogens is 2. The fraction of sp³-hybridized carbons (Fsp3) is 0.0385. The number of carbonyl (C=O) groups excluding carboxylic acids is 1. The predicted molar refractivity (Wildman–Crippen MR) is 127 cm³/mol. The zero-order valence-corrected chi connectivity index (χ0v) is 18.1. The molecule has 162 valence electrons. The minimum absolute atomic E-state index is 0.00497. The summed E-state index contributed by atoms with van der Waals surface area (Å²) in [5.74, 6) is -1.28. The summed E-state index contributed by atoms with van der Waals surface area (Å²) < 4.78 is 15.7. The lowest BCUT2D eigenvalue weighted by atomic mass is 10.1. The normalized spacial score (nSPS) is 11.1. The van der Waals surface area contributed by atoms with Crippen LogP contribution in [0.5, 0.6) is 0 Å². The summed E-state index contributed by atoms with van der Waals surface area (Å²) >= 11 is 5.97. The molecule has 0 bridgehead atoms. The second-order valence-corrected chi connectivity index (χ2v) is 7.66. The third-order valence-electron chi connectivity index (χ3n) is 4.88. The van der Waals surface area contributed by atoms with Crippen molar-refractivity contribution in [3.8, 4) is 17.3 Å². The first-order valence-electron chi connectivity index (χ1n) is 10.1. The van der Waals surface area contributed by atoms with Crippen LogP contribution in [0.2, 0.25) is 5.02 Å². The Morgan fingerprint density at radius 3 is 2.45 bits per heavy atom. The van der Waals surface area contributed by atoms with Crippen molar-refractivity contribution in [2.45, 2.75) is 6.54 Å². The molecule has 1 N–H and O–H groups in total. The Morgan fingerprint density at radius 1 is 1.06 bits per heavy atom. The van der Waals surface area contributed by atoms with Crippen molar-refractivity contribution in [2.75, 3.05) is 5.32 Å². The minimum Gasteiger partial charge on any atom is -0.319 e. The van der Waals surface area contributed by atoms with Gasteiger partial charge in [-0.1, -0.05) is 66.2 Å². The zero-order valence-electron chi connectivity index (χ0n) is 17.4. The molecule has 0 radical (unpaired) electrons. The standard InChI is InChI=1S/C26H18ClFN4O/c27-22-12-10-18(11-13-22)16-32-17-21(25(31-32)19-6-2-1-3-7-19)14-20(15-29)26(33)30-24-9-5-4-8-23(24)28/h1-14,17H,16H2,(H,30,33)/b20-14+. The fourth-order valence-corrected chi connectivity index (χ4v) is 3.40. The van der Waals surface area contributed by atoms with Gasteiger partial charge in [-0.25, -0.2) is 4.39 Å². The van der Waals surface area contributed by atoms with E-state index in [1.54, 1.807) is 29.1 Å². The van der Waals surface area contributed by atoms with Crippen LogP contribution in [0.1, 0.15) is 11.1 Å². The molecule has 5 nitrogen and oxygen atoms in total. The average molecular weight is 457 g/mol. The maximum absolute atomic E-state index is 13.9. The summed E-state index contributed by atoms with van der Waals surface area (Å²) in [6, 6.07) is 24.6. The Bertz CT molecular complexity index is 1360. The van der Waals surface area contributed by atoms with E-state index in [4.69, 9.17) is 11.6 Å². The molecule has 0 spiro atoms. The van der Waals surface area contributed by atoms with Gasteiger partial charge in [-0.3, -0.25) is 9.48 Å². The number of halogens is 2. The molecule has 7 heteroatoms. The maximum Gasteiger partial charge on any atom is 0.266 e. The number of nitrogens with one attached hydrogen (secondary N) is 1. The number of hydrogen-bond acceptors (Lipinski definition) is 3. The summed E-state index contributed by atoms with van der Waals surface area (Å²) in [5, 5.41) is 17.4. The lowest BCUT2D eigenvalue weighted by Gasteiger charge is -2.05. The molecular formula is C26H18ClFN4O. The Hall–Kier alpha value is -4.21. The molecule has 0 atom stereocenters. The van der Waals surface area contributed by atoms with E-state index < -0.39 is 11.7 Å². The van der Waals surface area contributed by atoms with E-state index in [1.807, 2.05) is 48.5 Å². The lowest BCUT2D eigenvalue weighted by Crippen LogP contribution is -2.14. The highest BCUT2D eigenvalue weighted by atomic mass is 35.5. The maximum atomic E-state index is 13.9. The predicted octanol–water partition coefficient (Wildman–Crippen LogP) is 5.94. The topological polar surface area (TPSA) is 70.7 Å². The summed E-state index contributed by atoms with van der Waals surface area (Å²) in [6.07, 6.45) is 3.23. The number of rotatable bonds is 6. The van der Waals surface area contributed by atoms with Crippen molar-refractivity contribution < 1.29 is 9.18 Å². The number of nitrogens with zero attached hydrogens (tertiary/aromatic N) is 3. The number of nitriles is 1. The van der Waals surface area contributed by atoms with Crippen LogP contribution in [0, 0.1) is 17.1 Å². The largest absolute Gasteiger partial charge is 0.319 e. The van der Waals surface area contributed by atoms with E-state index >= 15 is 0 Å². The lowest BCUT2D eigenvalue weighted by molar-refractivity contribution is -0.112. The molecule has 0 saturated heterocycles. The number of amides is 1. The number of carbonyl (C=O) groups is 1. The van der Waals surface area contributed by atoms with Gasteiger partial charge in [-0.2, -0.15) is 10.4 Å². The van der Waals surface area contributed by atoms with Gasteiger partial charge < -0.3 is 5.32 Å². The van der Waals surface area contributed by atoms with Gasteiger partial charge in [0.05, 0.1) is 17.9 Å². The highest BCUT2D eigenvalue weighted by molar-refractivity contribution is 6.30. The molecular weight excluding hydrogens is 439 g/mol. The van der Waals surface area contributed by atoms with Crippen molar-refractivity contribution in [1.82, 2.24) is 9.78 Å². The zero-order chi connectivity index (χ0) is 23.2. The Morgan fingerprint density at radius 2 is 1.76 bits per heavy atom. The first-order valence-corrected chi connectivity index (χ1v) is 10.5. The van der Waals surface area contributed by atoms with Crippen LogP contribution in [-0.4, -0.2) is 15.7 Å². The Kier molecular flexibility index (Phi) is 6.63. The second-order valence-electron chi connectivity index (χ2n) is 7.23. The molecule has 1 heterocycles. The average Bonchev–Trinajstić information content (AvgIpc) is 3.23. The molecule has 0 aliphatic carbocycles. The number of para-hydroxylation sites is 1. The van der Waals surface area contributed by atoms with Crippen molar-refractivity contribution in [3.63, 3.8) is 0 Å². The molecule has 0 fully saturated rings. The highest BCUT2D eigenvalue weighted by Crippen LogP contribution is 2.25. The highest BCUT2D eigenvalue weighted by Gasteiger charge is 2.16. The molecule has 1 amide bonds. The molecule has 3 aromatic carbocycles. The molecule has 0 aliphatic heterocycles. The number of hydrogen-bond donors (Lipinski definition) is 1. The Balaban J connectivity index is 1.69. The van der Waals surface area contributed by atoms with E-state index in [-0.39, 0.29) is 11.3 Å². The van der Waals surface area contributed by atoms with Crippen molar-refractivity contribution in [3.05, 3.63) is 113 Å². The van der Waals surface area contributed by atoms with Crippen LogP contribution >= 0.6 is 11.6 Å². The van der Waals surface area contributed by atoms with Gasteiger partial charge in [0, 0.05) is 22.3 Å². The van der Waals surface area contributed by atoms with Crippen LogP contribution in [-0.2, 0) is 11.3 Å². The van der Waals surface area contributed by atoms with Gasteiger partial charge in [0.15, 0.2) is 0 Å². The Labute approximate surface area is 195 Å². The van der Waals surface area contributed by atoms with E-state index in [9.17, 15) is 14.4 Å². The van der Waals surface area contributed by atoms with Crippen LogP contribution in [0.3, 0.4) is 0 Å². The summed E-state index contributed by atoms with van der Waals surface area (Å²) in [7, 11) is 0. The number of benzene rings is 3. The van der Waals surface area contributed by atoms with Crippen LogP contribution in [0.25, 0.3) is 17.3 Å². The van der Waals surface area contributed by atoms with Gasteiger partial charge in [0.25, 0.3) is 5.91 Å². The first kappa shape index (κ1) is 22.0. The third kappa shape index (κ3) is 5.35. The molecule has 4 rings (SSSR count). The van der Waals surface area contributed by atoms with Crippen LogP contribution < -0.4 is 5.32 Å². The first-order chi connectivity index (χ1) is 16.0. The van der Waals surface area contributed by atoms with Gasteiger partial charge in [-0.05, 0) is 35.9 Å². The summed E-state index contributed by atoms with van der Waals surface area (Å²) in [4.78, 5) is 12.7. The molecule has 1 aromatic heterocycles. The monoisotopic (exact) mass is 456 g/mol. The third-order valence-corrected chi connectivity index (χ3v) is 5.13. The van der Waals surface area contributed by atoms with E-state index in [0.717, 1.165) is 11.1 Å². The molecule has 0 unspecified atom stereocenters. The van der Waals surface area contributed by atoms with Gasteiger partial charge in [0.2, 0.25) is 0 Å². The second kappa shape index (κ2) is 9.94. The van der Waals surface area contributed by atoms with Crippen molar-refractivity contribution >= 4 is 29.3 Å². The summed E-state index contributed by atoms with van der Waals surface area (Å²) in [6.45, 7) is 0.480. The van der Waals surface area contributed by atoms with E-state index in [2.05, 4.69) is 10.4 Å². The fourth-order valence-electron chi connectivity index (χ4n) is 3.28. The molecule has 4 aromatic rings.